The van der Waals surface area contributed by atoms with E-state index >= 15 is 0 Å². The number of carbonyl (C=O) groups is 1. The van der Waals surface area contributed by atoms with Crippen LogP contribution in [-0.2, 0) is 4.79 Å². The molecular formula is C17H13F3N2O2. The van der Waals surface area contributed by atoms with Gasteiger partial charge in [-0.25, -0.2) is 4.98 Å². The smallest absolute Gasteiger partial charge is 0.397 e. The number of oxazole rings is 1. The molecule has 1 amide bonds. The second-order valence-electron chi connectivity index (χ2n) is 5.41. The van der Waals surface area contributed by atoms with Crippen LogP contribution >= 0.6 is 0 Å². The Labute approximate surface area is 135 Å². The van der Waals surface area contributed by atoms with Crippen molar-refractivity contribution in [2.75, 3.05) is 5.32 Å². The van der Waals surface area contributed by atoms with E-state index < -0.39 is 18.5 Å². The summed E-state index contributed by atoms with van der Waals surface area (Å²) in [4.78, 5) is 15.7. The number of halogens is 3. The van der Waals surface area contributed by atoms with Crippen LogP contribution in [0.3, 0.4) is 0 Å². The molecule has 1 N–H and O–H groups in total. The Balaban J connectivity index is 1.84. The summed E-state index contributed by atoms with van der Waals surface area (Å²) in [5, 5.41) is 2.21. The second kappa shape index (κ2) is 5.99. The van der Waals surface area contributed by atoms with Crippen LogP contribution in [0, 0.1) is 6.92 Å². The highest BCUT2D eigenvalue weighted by Crippen LogP contribution is 2.27. The van der Waals surface area contributed by atoms with Gasteiger partial charge in [-0.2, -0.15) is 13.2 Å². The summed E-state index contributed by atoms with van der Waals surface area (Å²) in [6, 6.07) is 12.1. The average molecular weight is 334 g/mol. The van der Waals surface area contributed by atoms with Gasteiger partial charge in [0, 0.05) is 11.3 Å². The van der Waals surface area contributed by atoms with Crippen LogP contribution in [0.1, 0.15) is 12.0 Å². The molecule has 0 fully saturated rings. The number of nitrogens with zero attached hydrogens (tertiary/aromatic N) is 1. The lowest BCUT2D eigenvalue weighted by atomic mass is 10.1. The monoisotopic (exact) mass is 334 g/mol. The predicted octanol–water partition coefficient (Wildman–Crippen LogP) is 4.69. The van der Waals surface area contributed by atoms with Crippen molar-refractivity contribution in [2.45, 2.75) is 19.5 Å². The molecule has 0 radical (unpaired) electrons. The molecule has 3 aromatic rings. The van der Waals surface area contributed by atoms with Gasteiger partial charge in [0.2, 0.25) is 11.8 Å². The number of hydrogen-bond donors (Lipinski definition) is 1. The van der Waals surface area contributed by atoms with Crippen LogP contribution in [0.2, 0.25) is 0 Å². The van der Waals surface area contributed by atoms with Gasteiger partial charge in [-0.15, -0.1) is 0 Å². The van der Waals surface area contributed by atoms with Gasteiger partial charge in [0.05, 0.1) is 0 Å². The van der Waals surface area contributed by atoms with Crippen molar-refractivity contribution in [3.8, 4) is 11.5 Å². The maximum absolute atomic E-state index is 12.2. The molecule has 2 aromatic carbocycles. The molecule has 4 nitrogen and oxygen atoms in total. The molecule has 124 valence electrons. The number of anilines is 1. The van der Waals surface area contributed by atoms with Crippen molar-refractivity contribution >= 4 is 22.7 Å². The van der Waals surface area contributed by atoms with Gasteiger partial charge in [-0.3, -0.25) is 4.79 Å². The summed E-state index contributed by atoms with van der Waals surface area (Å²) in [7, 11) is 0. The number of amides is 1. The zero-order valence-electron chi connectivity index (χ0n) is 12.6. The van der Waals surface area contributed by atoms with Crippen molar-refractivity contribution in [1.29, 1.82) is 0 Å². The Bertz CT molecular complexity index is 883. The van der Waals surface area contributed by atoms with Crippen LogP contribution in [0.25, 0.3) is 22.6 Å². The molecule has 0 bridgehead atoms. The first-order chi connectivity index (χ1) is 11.3. The molecule has 0 aliphatic carbocycles. The van der Waals surface area contributed by atoms with E-state index in [1.54, 1.807) is 6.07 Å². The Morgan fingerprint density at radius 2 is 1.88 bits per heavy atom. The number of aryl methyl sites for hydroxylation is 1. The fourth-order valence-corrected chi connectivity index (χ4v) is 2.21. The van der Waals surface area contributed by atoms with Crippen LogP contribution < -0.4 is 5.32 Å². The SMILES string of the molecule is Cc1ccc(-c2nc3cc(NC(=O)CC(F)(F)F)ccc3o2)cc1. The van der Waals surface area contributed by atoms with Crippen LogP contribution in [-0.4, -0.2) is 17.1 Å². The molecule has 0 saturated heterocycles. The minimum atomic E-state index is -4.54. The first-order valence-corrected chi connectivity index (χ1v) is 7.14. The zero-order chi connectivity index (χ0) is 17.3. The molecule has 0 atom stereocenters. The van der Waals surface area contributed by atoms with E-state index in [1.807, 2.05) is 31.2 Å². The lowest BCUT2D eigenvalue weighted by Crippen LogP contribution is -2.21. The number of benzene rings is 2. The number of rotatable bonds is 3. The summed E-state index contributed by atoms with van der Waals surface area (Å²) < 4.78 is 42.2. The minimum absolute atomic E-state index is 0.237. The Kier molecular flexibility index (Phi) is 4.01. The van der Waals surface area contributed by atoms with Gasteiger partial charge in [-0.05, 0) is 37.3 Å². The number of hydrogen-bond acceptors (Lipinski definition) is 3. The number of aromatic nitrogens is 1. The van der Waals surface area contributed by atoms with E-state index in [0.717, 1.165) is 11.1 Å². The molecule has 0 unspecified atom stereocenters. The molecule has 3 rings (SSSR count). The lowest BCUT2D eigenvalue weighted by molar-refractivity contribution is -0.150. The van der Waals surface area contributed by atoms with E-state index in [1.165, 1.54) is 12.1 Å². The third kappa shape index (κ3) is 3.73. The molecule has 0 aliphatic heterocycles. The van der Waals surface area contributed by atoms with E-state index in [2.05, 4.69) is 10.3 Å². The Hall–Kier alpha value is -2.83. The van der Waals surface area contributed by atoms with E-state index in [9.17, 15) is 18.0 Å². The largest absolute Gasteiger partial charge is 0.436 e. The topological polar surface area (TPSA) is 55.1 Å². The van der Waals surface area contributed by atoms with Gasteiger partial charge < -0.3 is 9.73 Å². The highest BCUT2D eigenvalue weighted by atomic mass is 19.4. The molecule has 1 aromatic heterocycles. The van der Waals surface area contributed by atoms with Crippen LogP contribution in [0.15, 0.2) is 46.9 Å². The summed E-state index contributed by atoms with van der Waals surface area (Å²) in [6.45, 7) is 1.96. The standard InChI is InChI=1S/C17H13F3N2O2/c1-10-2-4-11(5-3-10)16-22-13-8-12(6-7-14(13)24-16)21-15(23)9-17(18,19)20/h2-8H,9H2,1H3,(H,21,23). The van der Waals surface area contributed by atoms with Crippen molar-refractivity contribution in [2.24, 2.45) is 0 Å². The van der Waals surface area contributed by atoms with Crippen molar-refractivity contribution in [3.63, 3.8) is 0 Å². The fraction of sp³-hybridized carbons (Fsp3) is 0.176. The quantitative estimate of drug-likeness (QED) is 0.756. The summed E-state index contributed by atoms with van der Waals surface area (Å²) in [6.07, 6.45) is -6.07. The summed E-state index contributed by atoms with van der Waals surface area (Å²) in [5.41, 5.74) is 3.07. The molecule has 0 saturated carbocycles. The van der Waals surface area contributed by atoms with E-state index in [4.69, 9.17) is 4.42 Å². The lowest BCUT2D eigenvalue weighted by Gasteiger charge is -2.07. The number of nitrogens with one attached hydrogen (secondary N) is 1. The van der Waals surface area contributed by atoms with Crippen molar-refractivity contribution < 1.29 is 22.4 Å². The predicted molar refractivity (Wildman–Crippen MR) is 83.5 cm³/mol. The summed E-state index contributed by atoms with van der Waals surface area (Å²) in [5.74, 6) is -0.715. The molecule has 0 spiro atoms. The van der Waals surface area contributed by atoms with Gasteiger partial charge in [0.15, 0.2) is 5.58 Å². The highest BCUT2D eigenvalue weighted by molar-refractivity contribution is 5.93. The fourth-order valence-electron chi connectivity index (χ4n) is 2.21. The Morgan fingerprint density at radius 3 is 2.54 bits per heavy atom. The molecule has 0 aliphatic rings. The van der Waals surface area contributed by atoms with Gasteiger partial charge in [0.1, 0.15) is 11.9 Å². The van der Waals surface area contributed by atoms with Crippen molar-refractivity contribution in [1.82, 2.24) is 4.98 Å². The maximum atomic E-state index is 12.2. The Morgan fingerprint density at radius 1 is 1.17 bits per heavy atom. The molecular weight excluding hydrogens is 321 g/mol. The van der Waals surface area contributed by atoms with E-state index in [0.29, 0.717) is 17.0 Å². The van der Waals surface area contributed by atoms with Gasteiger partial charge >= 0.3 is 6.18 Å². The molecule has 7 heteroatoms. The molecule has 24 heavy (non-hydrogen) atoms. The second-order valence-corrected chi connectivity index (χ2v) is 5.41. The van der Waals surface area contributed by atoms with Crippen molar-refractivity contribution in [3.05, 3.63) is 48.0 Å². The first-order valence-electron chi connectivity index (χ1n) is 7.14. The summed E-state index contributed by atoms with van der Waals surface area (Å²) >= 11 is 0. The van der Waals surface area contributed by atoms with Crippen LogP contribution in [0.5, 0.6) is 0 Å². The minimum Gasteiger partial charge on any atom is -0.436 e. The maximum Gasteiger partial charge on any atom is 0.397 e. The highest BCUT2D eigenvalue weighted by Gasteiger charge is 2.31. The van der Waals surface area contributed by atoms with Gasteiger partial charge in [-0.1, -0.05) is 17.7 Å². The van der Waals surface area contributed by atoms with Crippen LogP contribution in [0.4, 0.5) is 18.9 Å². The van der Waals surface area contributed by atoms with Gasteiger partial charge in [0.25, 0.3) is 0 Å². The number of alkyl halides is 3. The average Bonchev–Trinajstić information content (AvgIpc) is 2.89. The number of carbonyl (C=O) groups excluding carboxylic acids is 1. The normalized spacial score (nSPS) is 11.7. The zero-order valence-corrected chi connectivity index (χ0v) is 12.6. The third-order valence-corrected chi connectivity index (χ3v) is 3.33. The number of fused-ring (bicyclic) bond motifs is 1. The first kappa shape index (κ1) is 16.0. The third-order valence-electron chi connectivity index (χ3n) is 3.33. The van der Waals surface area contributed by atoms with E-state index in [-0.39, 0.29) is 5.69 Å². The molecule has 1 heterocycles.